The number of aliphatic hydroxyl groups is 1. The van der Waals surface area contributed by atoms with Gasteiger partial charge in [0.1, 0.15) is 19.3 Å². The van der Waals surface area contributed by atoms with Crippen LogP contribution in [0.4, 0.5) is 0 Å². The number of aliphatic hydroxyl groups excluding tert-OH is 1. The summed E-state index contributed by atoms with van der Waals surface area (Å²) in [4.78, 5) is 73.2. The number of phosphoric acid groups is 2. The molecule has 0 aliphatic rings. The largest absolute Gasteiger partial charge is 0.472 e. The summed E-state index contributed by atoms with van der Waals surface area (Å²) in [5, 5.41) is 10.7. The number of hydrogen-bond donors (Lipinski definition) is 3. The van der Waals surface area contributed by atoms with Crippen molar-refractivity contribution in [2.45, 2.75) is 452 Å². The Balaban J connectivity index is 5.27. The van der Waals surface area contributed by atoms with E-state index in [1.54, 1.807) is 0 Å². The first-order chi connectivity index (χ1) is 49.2. The Morgan fingerprint density at radius 3 is 0.667 bits per heavy atom. The highest BCUT2D eigenvalue weighted by atomic mass is 31.2. The standard InChI is InChI=1S/C83H162O17P2/c1-8-9-10-11-12-13-14-20-29-36-43-50-57-64-80(85)93-71-79(100-83(88)67-60-53-46-39-32-25-28-35-42-49-56-63-76(6)7)73-98-102(91,92)96-69-77(84)68-95-101(89,90)97-72-78(70-94-81(86)65-58-51-44-37-30-24-19-22-27-34-41-48-55-62-75(4)5)99-82(87)66-59-52-45-38-31-23-18-16-15-17-21-26-33-40-47-54-61-74(2)3/h74-79,84H,8-73H2,1-7H3,(H,89,90)(H,91,92)/t77-,78-,79-/m1/s1. The third kappa shape index (κ3) is 76.3. The summed E-state index contributed by atoms with van der Waals surface area (Å²) in [6.45, 7) is 12.0. The predicted octanol–water partition coefficient (Wildman–Crippen LogP) is 24.9. The van der Waals surface area contributed by atoms with Crippen molar-refractivity contribution in [1.82, 2.24) is 0 Å². The number of phosphoric ester groups is 2. The lowest BCUT2D eigenvalue weighted by Gasteiger charge is -2.21. The topological polar surface area (TPSA) is 237 Å². The van der Waals surface area contributed by atoms with Crippen LogP contribution in [0, 0.1) is 17.8 Å². The minimum atomic E-state index is -4.96. The van der Waals surface area contributed by atoms with Gasteiger partial charge in [0.05, 0.1) is 26.4 Å². The predicted molar refractivity (Wildman–Crippen MR) is 418 cm³/mol. The minimum absolute atomic E-state index is 0.107. The second-order valence-electron chi connectivity index (χ2n) is 31.3. The lowest BCUT2D eigenvalue weighted by molar-refractivity contribution is -0.161. The summed E-state index contributed by atoms with van der Waals surface area (Å²) in [7, 11) is -9.93. The van der Waals surface area contributed by atoms with Gasteiger partial charge in [0.25, 0.3) is 0 Å². The zero-order valence-electron chi connectivity index (χ0n) is 67.1. The van der Waals surface area contributed by atoms with Gasteiger partial charge in [-0.15, -0.1) is 0 Å². The van der Waals surface area contributed by atoms with Crippen molar-refractivity contribution >= 4 is 39.5 Å². The lowest BCUT2D eigenvalue weighted by Crippen LogP contribution is -2.30. The molecule has 2 unspecified atom stereocenters. The Kier molecular flexibility index (Phi) is 71.8. The van der Waals surface area contributed by atoms with E-state index in [0.29, 0.717) is 25.7 Å². The van der Waals surface area contributed by atoms with Crippen molar-refractivity contribution in [3.05, 3.63) is 0 Å². The first-order valence-corrected chi connectivity index (χ1v) is 45.8. The Hall–Kier alpha value is -1.94. The number of ether oxygens (including phenoxy) is 4. The van der Waals surface area contributed by atoms with E-state index in [-0.39, 0.29) is 25.7 Å². The summed E-state index contributed by atoms with van der Waals surface area (Å²) in [5.74, 6) is 0.260. The van der Waals surface area contributed by atoms with Gasteiger partial charge in [0.15, 0.2) is 12.2 Å². The highest BCUT2D eigenvalue weighted by Crippen LogP contribution is 2.45. The molecule has 0 aliphatic heterocycles. The fourth-order valence-corrected chi connectivity index (χ4v) is 14.4. The Morgan fingerprint density at radius 1 is 0.265 bits per heavy atom. The van der Waals surface area contributed by atoms with Crippen molar-refractivity contribution in [1.29, 1.82) is 0 Å². The zero-order valence-corrected chi connectivity index (χ0v) is 68.9. The minimum Gasteiger partial charge on any atom is -0.462 e. The van der Waals surface area contributed by atoms with E-state index in [1.165, 1.54) is 244 Å². The maximum Gasteiger partial charge on any atom is 0.472 e. The molecule has 102 heavy (non-hydrogen) atoms. The van der Waals surface area contributed by atoms with E-state index < -0.39 is 97.5 Å². The van der Waals surface area contributed by atoms with Crippen LogP contribution in [-0.2, 0) is 65.4 Å². The van der Waals surface area contributed by atoms with Crippen LogP contribution in [0.2, 0.25) is 0 Å². The molecule has 0 fully saturated rings. The van der Waals surface area contributed by atoms with E-state index in [1.807, 2.05) is 0 Å². The van der Waals surface area contributed by atoms with Crippen LogP contribution >= 0.6 is 15.6 Å². The Bertz CT molecular complexity index is 1970. The number of esters is 4. The molecular weight excluding hydrogens is 1330 g/mol. The molecule has 0 aliphatic carbocycles. The molecule has 3 N–H and O–H groups in total. The van der Waals surface area contributed by atoms with Gasteiger partial charge in [0.2, 0.25) is 0 Å². The molecule has 5 atom stereocenters. The monoisotopic (exact) mass is 1490 g/mol. The Morgan fingerprint density at radius 2 is 0.451 bits per heavy atom. The number of unbranched alkanes of at least 4 members (excludes halogenated alkanes) is 49. The second-order valence-corrected chi connectivity index (χ2v) is 34.2. The summed E-state index contributed by atoms with van der Waals surface area (Å²) in [5.41, 5.74) is 0. The van der Waals surface area contributed by atoms with E-state index >= 15 is 0 Å². The lowest BCUT2D eigenvalue weighted by atomic mass is 10.0. The molecule has 606 valence electrons. The van der Waals surface area contributed by atoms with Crippen LogP contribution in [-0.4, -0.2) is 96.7 Å². The maximum absolute atomic E-state index is 13.1. The van der Waals surface area contributed by atoms with Crippen molar-refractivity contribution < 1.29 is 80.2 Å². The van der Waals surface area contributed by atoms with Crippen LogP contribution in [0.5, 0.6) is 0 Å². The van der Waals surface area contributed by atoms with Gasteiger partial charge in [-0.05, 0) is 43.4 Å². The van der Waals surface area contributed by atoms with Gasteiger partial charge in [-0.3, -0.25) is 37.3 Å². The number of carbonyl (C=O) groups excluding carboxylic acids is 4. The van der Waals surface area contributed by atoms with Crippen molar-refractivity contribution in [2.75, 3.05) is 39.6 Å². The second kappa shape index (κ2) is 73.2. The van der Waals surface area contributed by atoms with Crippen LogP contribution in [0.3, 0.4) is 0 Å². The summed E-state index contributed by atoms with van der Waals surface area (Å²) >= 11 is 0. The first-order valence-electron chi connectivity index (χ1n) is 42.8. The molecule has 0 saturated heterocycles. The van der Waals surface area contributed by atoms with E-state index in [2.05, 4.69) is 48.5 Å². The van der Waals surface area contributed by atoms with Crippen molar-refractivity contribution in [2.24, 2.45) is 17.8 Å². The average Bonchev–Trinajstić information content (AvgIpc) is 0.956. The van der Waals surface area contributed by atoms with Crippen LogP contribution in [0.25, 0.3) is 0 Å². The smallest absolute Gasteiger partial charge is 0.462 e. The van der Waals surface area contributed by atoms with Crippen molar-refractivity contribution in [3.63, 3.8) is 0 Å². The third-order valence-corrected chi connectivity index (χ3v) is 21.3. The quantitative estimate of drug-likeness (QED) is 0.0222. The molecule has 0 heterocycles. The maximum atomic E-state index is 13.1. The van der Waals surface area contributed by atoms with E-state index in [4.69, 9.17) is 37.0 Å². The molecule has 0 aromatic heterocycles. The molecule has 19 heteroatoms. The number of hydrogen-bond acceptors (Lipinski definition) is 15. The van der Waals surface area contributed by atoms with Gasteiger partial charge in [-0.1, -0.05) is 382 Å². The molecular formula is C83H162O17P2. The molecule has 0 radical (unpaired) electrons. The molecule has 0 aromatic carbocycles. The zero-order chi connectivity index (χ0) is 75.1. The first kappa shape index (κ1) is 100. The highest BCUT2D eigenvalue weighted by Gasteiger charge is 2.30. The molecule has 0 aromatic rings. The average molecular weight is 1490 g/mol. The van der Waals surface area contributed by atoms with E-state index in [0.717, 1.165) is 108 Å². The van der Waals surface area contributed by atoms with E-state index in [9.17, 15) is 43.2 Å². The molecule has 0 spiro atoms. The number of rotatable bonds is 81. The summed E-state index contributed by atoms with van der Waals surface area (Å²) in [6, 6.07) is 0. The van der Waals surface area contributed by atoms with Gasteiger partial charge < -0.3 is 33.8 Å². The van der Waals surface area contributed by atoms with Crippen molar-refractivity contribution in [3.8, 4) is 0 Å². The Labute approximate surface area is 626 Å². The molecule has 0 saturated carbocycles. The van der Waals surface area contributed by atoms with Gasteiger partial charge >= 0.3 is 39.5 Å². The molecule has 17 nitrogen and oxygen atoms in total. The third-order valence-electron chi connectivity index (χ3n) is 19.4. The summed E-state index contributed by atoms with van der Waals surface area (Å²) < 4.78 is 68.8. The fraction of sp³-hybridized carbons (Fsp3) is 0.952. The van der Waals surface area contributed by atoms with Gasteiger partial charge in [-0.2, -0.15) is 0 Å². The van der Waals surface area contributed by atoms with Crippen LogP contribution < -0.4 is 0 Å². The van der Waals surface area contributed by atoms with Gasteiger partial charge in [0, 0.05) is 25.7 Å². The normalized spacial score (nSPS) is 13.9. The fourth-order valence-electron chi connectivity index (χ4n) is 12.8. The van der Waals surface area contributed by atoms with Gasteiger partial charge in [-0.25, -0.2) is 9.13 Å². The molecule has 0 bridgehead atoms. The SMILES string of the molecule is CCCCCCCCCCCCCCCC(=O)OC[C@H](COP(=O)(O)OC[C@H](O)COP(=O)(O)OC[C@@H](COC(=O)CCCCCCCCCCCCCCCC(C)C)OC(=O)CCCCCCCCCCCCCCCCCCC(C)C)OC(=O)CCCCCCCCCCCCCC(C)C. The van der Waals surface area contributed by atoms with Crippen LogP contribution in [0.1, 0.15) is 434 Å². The van der Waals surface area contributed by atoms with Crippen LogP contribution in [0.15, 0.2) is 0 Å². The summed E-state index contributed by atoms with van der Waals surface area (Å²) in [6.07, 6.45) is 62.3. The molecule has 0 rings (SSSR count). The highest BCUT2D eigenvalue weighted by molar-refractivity contribution is 7.47. The number of carbonyl (C=O) groups is 4. The molecule has 0 amide bonds.